The zero-order chi connectivity index (χ0) is 26.8. The lowest BCUT2D eigenvalue weighted by Gasteiger charge is -2.60. The molecular weight excluding hydrogens is 492 g/mol. The van der Waals surface area contributed by atoms with Crippen LogP contribution in [-0.2, 0) is 13.1 Å². The second-order valence-electron chi connectivity index (χ2n) is 12.9. The summed E-state index contributed by atoms with van der Waals surface area (Å²) < 4.78 is 7.77. The fourth-order valence-corrected chi connectivity index (χ4v) is 7.45. The molecule has 2 aliphatic heterocycles. The number of anilines is 2. The molecule has 2 spiro atoms. The third-order valence-electron chi connectivity index (χ3n) is 9.30. The van der Waals surface area contributed by atoms with Crippen LogP contribution < -0.4 is 15.8 Å². The van der Waals surface area contributed by atoms with E-state index in [0.717, 1.165) is 74.0 Å². The topological polar surface area (TPSA) is 118 Å². The van der Waals surface area contributed by atoms with Crippen molar-refractivity contribution < 1.29 is 9.84 Å². The lowest BCUT2D eigenvalue weighted by Crippen LogP contribution is -2.72. The van der Waals surface area contributed by atoms with E-state index < -0.39 is 0 Å². The molecule has 4 N–H and O–H groups in total. The molecule has 2 aliphatic carbocycles. The maximum absolute atomic E-state index is 9.61. The number of rotatable bonds is 10. The van der Waals surface area contributed by atoms with Crippen LogP contribution in [0.3, 0.4) is 0 Å². The highest BCUT2D eigenvalue weighted by Gasteiger charge is 2.52. The molecule has 10 heteroatoms. The average Bonchev–Trinajstić information content (AvgIpc) is 3.54. The molecule has 4 aliphatic rings. The first-order valence-corrected chi connectivity index (χ1v) is 14.3. The van der Waals surface area contributed by atoms with Gasteiger partial charge >= 0.3 is 0 Å². The number of aliphatic hydroxyl groups excluding tert-OH is 1. The summed E-state index contributed by atoms with van der Waals surface area (Å²) in [5.74, 6) is 2.60. The Balaban J connectivity index is 1.01. The Morgan fingerprint density at radius 3 is 2.59 bits per heavy atom. The van der Waals surface area contributed by atoms with Gasteiger partial charge in [-0.1, -0.05) is 12.1 Å². The van der Waals surface area contributed by atoms with E-state index in [1.54, 1.807) is 13.3 Å². The quantitative estimate of drug-likeness (QED) is 0.362. The van der Waals surface area contributed by atoms with Crippen molar-refractivity contribution in [2.45, 2.75) is 51.8 Å². The van der Waals surface area contributed by atoms with Crippen molar-refractivity contribution in [1.82, 2.24) is 29.5 Å². The van der Waals surface area contributed by atoms with Crippen LogP contribution in [0.25, 0.3) is 11.0 Å². The number of nitrogens with zero attached hydrogens (tertiary/aromatic N) is 6. The van der Waals surface area contributed by atoms with Crippen LogP contribution in [-0.4, -0.2) is 87.1 Å². The minimum atomic E-state index is -0.250. The van der Waals surface area contributed by atoms with Gasteiger partial charge in [0.2, 0.25) is 5.95 Å². The summed E-state index contributed by atoms with van der Waals surface area (Å²) in [5.41, 5.74) is 11.1. The molecule has 3 aromatic rings. The molecule has 0 amide bonds. The number of hydrogen-bond acceptors (Lipinski definition) is 9. The van der Waals surface area contributed by atoms with Crippen LogP contribution >= 0.6 is 0 Å². The molecule has 1 aromatic carbocycles. The SMILES string of the molecule is COc1cc(CN2CC3(C2)CN(C[C@H](C)O)C3)ccc1Cn1ncc2nc(N)nc(NCC3CC4(CC4)C3)c21. The number of methoxy groups -OCH3 is 1. The lowest BCUT2D eigenvalue weighted by atomic mass is 9.72. The highest BCUT2D eigenvalue weighted by Crippen LogP contribution is 2.63. The van der Waals surface area contributed by atoms with Crippen LogP contribution in [0, 0.1) is 16.7 Å². The Kier molecular flexibility index (Phi) is 5.98. The van der Waals surface area contributed by atoms with Crippen LogP contribution in [0.1, 0.15) is 43.7 Å². The van der Waals surface area contributed by atoms with E-state index in [4.69, 9.17) is 10.5 Å². The zero-order valence-corrected chi connectivity index (χ0v) is 23.1. The standard InChI is InChI=1S/C29H40N8O2/c1-19(38)12-35-15-29(16-35)17-36(18-29)13-20-3-4-22(24(7-20)39-2)14-37-25-23(11-32-37)33-27(30)34-26(25)31-10-21-8-28(9-21)5-6-28/h3-4,7,11,19,21,38H,5-6,8-10,12-18H2,1-2H3,(H3,30,31,33,34)/t19-/m0/s1. The molecule has 39 heavy (non-hydrogen) atoms. The molecule has 0 bridgehead atoms. The third-order valence-corrected chi connectivity index (χ3v) is 9.30. The second-order valence-corrected chi connectivity index (χ2v) is 12.9. The highest BCUT2D eigenvalue weighted by atomic mass is 16.5. The van der Waals surface area contributed by atoms with Gasteiger partial charge < -0.3 is 20.9 Å². The van der Waals surface area contributed by atoms with E-state index in [-0.39, 0.29) is 12.1 Å². The highest BCUT2D eigenvalue weighted by molar-refractivity contribution is 5.86. The summed E-state index contributed by atoms with van der Waals surface area (Å²) in [6.45, 7) is 9.47. The van der Waals surface area contributed by atoms with Gasteiger partial charge in [0.1, 0.15) is 16.8 Å². The molecule has 10 nitrogen and oxygen atoms in total. The van der Waals surface area contributed by atoms with Crippen molar-refractivity contribution in [3.8, 4) is 5.75 Å². The number of ether oxygens (including phenoxy) is 1. The molecule has 4 heterocycles. The predicted molar refractivity (Wildman–Crippen MR) is 151 cm³/mol. The van der Waals surface area contributed by atoms with E-state index in [2.05, 4.69) is 48.4 Å². The van der Waals surface area contributed by atoms with Crippen molar-refractivity contribution in [3.05, 3.63) is 35.5 Å². The van der Waals surface area contributed by atoms with Gasteiger partial charge in [-0.2, -0.15) is 10.1 Å². The largest absolute Gasteiger partial charge is 0.496 e. The number of fused-ring (bicyclic) bond motifs is 1. The number of aliphatic hydroxyl groups is 1. The van der Waals surface area contributed by atoms with Gasteiger partial charge in [-0.3, -0.25) is 14.5 Å². The first-order valence-electron chi connectivity index (χ1n) is 14.3. The Hall–Kier alpha value is -2.95. The maximum atomic E-state index is 9.61. The van der Waals surface area contributed by atoms with Gasteiger partial charge in [0.15, 0.2) is 5.82 Å². The summed E-state index contributed by atoms with van der Waals surface area (Å²) in [4.78, 5) is 13.8. The Labute approximate surface area is 229 Å². The van der Waals surface area contributed by atoms with Gasteiger partial charge in [0.05, 0.1) is 26.0 Å². The van der Waals surface area contributed by atoms with Crippen molar-refractivity contribution in [1.29, 1.82) is 0 Å². The molecule has 4 fully saturated rings. The Morgan fingerprint density at radius 2 is 1.87 bits per heavy atom. The summed E-state index contributed by atoms with van der Waals surface area (Å²) >= 11 is 0. The summed E-state index contributed by atoms with van der Waals surface area (Å²) in [7, 11) is 1.73. The number of hydrogen-bond donors (Lipinski definition) is 3. The van der Waals surface area contributed by atoms with E-state index >= 15 is 0 Å². The van der Waals surface area contributed by atoms with E-state index in [0.29, 0.717) is 23.3 Å². The molecule has 2 aromatic heterocycles. The smallest absolute Gasteiger partial charge is 0.222 e. The van der Waals surface area contributed by atoms with Crippen LogP contribution in [0.5, 0.6) is 5.75 Å². The summed E-state index contributed by atoms with van der Waals surface area (Å²) in [6, 6.07) is 6.51. The normalized spacial score (nSPS) is 22.4. The van der Waals surface area contributed by atoms with E-state index in [1.165, 1.54) is 31.2 Å². The molecule has 7 rings (SSSR count). The van der Waals surface area contributed by atoms with Crippen LogP contribution in [0.15, 0.2) is 24.4 Å². The van der Waals surface area contributed by atoms with Crippen LogP contribution in [0.4, 0.5) is 11.8 Å². The minimum absolute atomic E-state index is 0.250. The predicted octanol–water partition coefficient (Wildman–Crippen LogP) is 2.57. The number of nitrogen functional groups attached to an aromatic ring is 1. The van der Waals surface area contributed by atoms with Crippen molar-refractivity contribution in [2.75, 3.05) is 57.4 Å². The van der Waals surface area contributed by atoms with Crippen molar-refractivity contribution in [3.63, 3.8) is 0 Å². The minimum Gasteiger partial charge on any atom is -0.496 e. The molecule has 2 saturated heterocycles. The molecule has 2 saturated carbocycles. The van der Waals surface area contributed by atoms with Crippen LogP contribution in [0.2, 0.25) is 0 Å². The second kappa shape index (κ2) is 9.31. The Morgan fingerprint density at radius 1 is 1.10 bits per heavy atom. The monoisotopic (exact) mass is 532 g/mol. The summed E-state index contributed by atoms with van der Waals surface area (Å²) in [5, 5.41) is 17.8. The lowest BCUT2D eigenvalue weighted by molar-refractivity contribution is -0.125. The number of nitrogens with two attached hydrogens (primary N) is 1. The molecule has 0 unspecified atom stereocenters. The fourth-order valence-electron chi connectivity index (χ4n) is 7.45. The molecular formula is C29H40N8O2. The van der Waals surface area contributed by atoms with E-state index in [1.807, 2.05) is 11.6 Å². The van der Waals surface area contributed by atoms with E-state index in [9.17, 15) is 5.11 Å². The number of benzene rings is 1. The number of aromatic nitrogens is 4. The average molecular weight is 533 g/mol. The number of likely N-dealkylation sites (tertiary alicyclic amines) is 2. The van der Waals surface area contributed by atoms with Gasteiger partial charge in [0.25, 0.3) is 0 Å². The molecule has 208 valence electrons. The van der Waals surface area contributed by atoms with Gasteiger partial charge in [0, 0.05) is 56.8 Å². The fraction of sp³-hybridized carbons (Fsp3) is 0.621. The maximum Gasteiger partial charge on any atom is 0.222 e. The molecule has 1 atom stereocenters. The molecule has 0 radical (unpaired) electrons. The summed E-state index contributed by atoms with van der Waals surface area (Å²) in [6.07, 6.45) is 6.98. The van der Waals surface area contributed by atoms with Crippen molar-refractivity contribution >= 4 is 22.8 Å². The first-order chi connectivity index (χ1) is 18.8. The van der Waals surface area contributed by atoms with Crippen molar-refractivity contribution in [2.24, 2.45) is 16.7 Å². The van der Waals surface area contributed by atoms with Gasteiger partial charge in [-0.15, -0.1) is 0 Å². The van der Waals surface area contributed by atoms with Gasteiger partial charge in [-0.05, 0) is 55.6 Å². The third kappa shape index (κ3) is 4.83. The Bertz CT molecular complexity index is 1360. The number of β-amino-alcohol motifs (C(OH)–C–C–N with tert-alkyl or cyclic N) is 1. The zero-order valence-electron chi connectivity index (χ0n) is 23.1. The number of nitrogens with one attached hydrogen (secondary N) is 1. The van der Waals surface area contributed by atoms with Gasteiger partial charge in [-0.25, -0.2) is 4.98 Å². The first kappa shape index (κ1) is 25.0.